The second-order valence-corrected chi connectivity index (χ2v) is 7.71. The second kappa shape index (κ2) is 5.36. The molecule has 1 aromatic carbocycles. The summed E-state index contributed by atoms with van der Waals surface area (Å²) in [6, 6.07) is 7.15. The summed E-state index contributed by atoms with van der Waals surface area (Å²) in [5.41, 5.74) is 5.04. The van der Waals surface area contributed by atoms with Gasteiger partial charge in [0.1, 0.15) is 0 Å². The predicted molar refractivity (Wildman–Crippen MR) is 83.5 cm³/mol. The Hall–Kier alpha value is -0.300. The van der Waals surface area contributed by atoms with E-state index in [0.717, 1.165) is 0 Å². The van der Waals surface area contributed by atoms with Gasteiger partial charge in [0.2, 0.25) is 0 Å². The Kier molecular flexibility index (Phi) is 4.21. The fourth-order valence-corrected chi connectivity index (χ4v) is 4.15. The first-order chi connectivity index (χ1) is 8.43. The standard InChI is InChI=1S/C17H25Br/c1-5-12(2)14-7-6-13-8-9-17(3,4)11-16(18)15(13)10-14/h6-7,10,12,16H,5,8-9,11H2,1-4H3. The molecule has 1 aliphatic carbocycles. The lowest BCUT2D eigenvalue weighted by molar-refractivity contribution is 0.316. The van der Waals surface area contributed by atoms with Crippen LogP contribution in [-0.4, -0.2) is 0 Å². The molecule has 0 amide bonds. The van der Waals surface area contributed by atoms with Crippen LogP contribution in [0.4, 0.5) is 0 Å². The molecule has 0 fully saturated rings. The maximum Gasteiger partial charge on any atom is 0.0403 e. The fourth-order valence-electron chi connectivity index (χ4n) is 2.85. The molecule has 1 aromatic rings. The molecule has 0 aliphatic heterocycles. The molecule has 0 saturated heterocycles. The molecule has 0 saturated carbocycles. The van der Waals surface area contributed by atoms with Crippen LogP contribution in [0.1, 0.15) is 74.4 Å². The zero-order chi connectivity index (χ0) is 13.3. The fraction of sp³-hybridized carbons (Fsp3) is 0.647. The summed E-state index contributed by atoms with van der Waals surface area (Å²) < 4.78 is 0. The number of alkyl halides is 1. The van der Waals surface area contributed by atoms with Crippen molar-refractivity contribution in [2.75, 3.05) is 0 Å². The van der Waals surface area contributed by atoms with Gasteiger partial charge < -0.3 is 0 Å². The van der Waals surface area contributed by atoms with Crippen molar-refractivity contribution in [2.45, 2.75) is 64.1 Å². The number of hydrogen-bond acceptors (Lipinski definition) is 0. The van der Waals surface area contributed by atoms with Crippen molar-refractivity contribution in [1.29, 1.82) is 0 Å². The van der Waals surface area contributed by atoms with Crippen LogP contribution in [0.5, 0.6) is 0 Å². The summed E-state index contributed by atoms with van der Waals surface area (Å²) >= 11 is 3.92. The van der Waals surface area contributed by atoms with Gasteiger partial charge in [0, 0.05) is 4.83 Å². The third kappa shape index (κ3) is 2.99. The van der Waals surface area contributed by atoms with E-state index in [1.165, 1.54) is 31.2 Å². The molecule has 2 atom stereocenters. The minimum Gasteiger partial charge on any atom is -0.0838 e. The summed E-state index contributed by atoms with van der Waals surface area (Å²) in [4.78, 5) is 0.522. The number of halogens is 1. The largest absolute Gasteiger partial charge is 0.0838 e. The van der Waals surface area contributed by atoms with E-state index in [1.54, 1.807) is 11.1 Å². The van der Waals surface area contributed by atoms with Crippen LogP contribution in [0.15, 0.2) is 18.2 Å². The van der Waals surface area contributed by atoms with Crippen molar-refractivity contribution in [1.82, 2.24) is 0 Å². The molecule has 2 unspecified atom stereocenters. The molecule has 1 heteroatoms. The highest BCUT2D eigenvalue weighted by Crippen LogP contribution is 2.44. The zero-order valence-corrected chi connectivity index (χ0v) is 13.7. The molecule has 0 spiro atoms. The first-order valence-electron chi connectivity index (χ1n) is 7.20. The summed E-state index contributed by atoms with van der Waals surface area (Å²) in [7, 11) is 0. The Balaban J connectivity index is 2.35. The zero-order valence-electron chi connectivity index (χ0n) is 12.1. The minimum atomic E-state index is 0.448. The highest BCUT2D eigenvalue weighted by Gasteiger charge is 2.28. The van der Waals surface area contributed by atoms with E-state index in [1.807, 2.05) is 0 Å². The summed E-state index contributed by atoms with van der Waals surface area (Å²) in [5, 5.41) is 0. The maximum atomic E-state index is 3.92. The van der Waals surface area contributed by atoms with Crippen LogP contribution in [0.25, 0.3) is 0 Å². The molecule has 0 bridgehead atoms. The van der Waals surface area contributed by atoms with Gasteiger partial charge in [-0.2, -0.15) is 0 Å². The van der Waals surface area contributed by atoms with Crippen molar-refractivity contribution < 1.29 is 0 Å². The van der Waals surface area contributed by atoms with Crippen LogP contribution in [0.3, 0.4) is 0 Å². The van der Waals surface area contributed by atoms with Crippen LogP contribution >= 0.6 is 15.9 Å². The van der Waals surface area contributed by atoms with Gasteiger partial charge in [-0.3, -0.25) is 0 Å². The highest BCUT2D eigenvalue weighted by molar-refractivity contribution is 9.09. The van der Waals surface area contributed by atoms with Crippen LogP contribution in [-0.2, 0) is 6.42 Å². The molecule has 0 aromatic heterocycles. The van der Waals surface area contributed by atoms with Crippen LogP contribution in [0.2, 0.25) is 0 Å². The predicted octanol–water partition coefficient (Wildman–Crippen LogP) is 6.00. The van der Waals surface area contributed by atoms with E-state index < -0.39 is 0 Å². The number of rotatable bonds is 2. The van der Waals surface area contributed by atoms with E-state index in [0.29, 0.717) is 16.2 Å². The number of fused-ring (bicyclic) bond motifs is 1. The first kappa shape index (κ1) is 14.1. The number of aryl methyl sites for hydroxylation is 1. The van der Waals surface area contributed by atoms with Gasteiger partial charge in [0.15, 0.2) is 0 Å². The molecule has 2 rings (SSSR count). The van der Waals surface area contributed by atoms with Gasteiger partial charge in [-0.25, -0.2) is 0 Å². The first-order valence-corrected chi connectivity index (χ1v) is 8.11. The smallest absolute Gasteiger partial charge is 0.0403 e. The van der Waals surface area contributed by atoms with E-state index in [2.05, 4.69) is 61.8 Å². The molecule has 0 heterocycles. The Morgan fingerprint density at radius 1 is 1.39 bits per heavy atom. The Morgan fingerprint density at radius 3 is 2.78 bits per heavy atom. The van der Waals surface area contributed by atoms with Crippen molar-refractivity contribution in [3.8, 4) is 0 Å². The average Bonchev–Trinajstić information content (AvgIpc) is 2.45. The Morgan fingerprint density at radius 2 is 2.11 bits per heavy atom. The van der Waals surface area contributed by atoms with E-state index >= 15 is 0 Å². The molecule has 18 heavy (non-hydrogen) atoms. The molecular formula is C17H25Br. The topological polar surface area (TPSA) is 0 Å². The molecular weight excluding hydrogens is 284 g/mol. The molecule has 100 valence electrons. The Bertz CT molecular complexity index is 420. The minimum absolute atomic E-state index is 0.448. The second-order valence-electron chi connectivity index (χ2n) is 6.60. The lowest BCUT2D eigenvalue weighted by atomic mass is 9.84. The third-order valence-electron chi connectivity index (χ3n) is 4.49. The highest BCUT2D eigenvalue weighted by atomic mass is 79.9. The third-order valence-corrected chi connectivity index (χ3v) is 5.31. The molecule has 0 nitrogen and oxygen atoms in total. The van der Waals surface area contributed by atoms with E-state index in [-0.39, 0.29) is 0 Å². The molecule has 1 aliphatic rings. The SMILES string of the molecule is CCC(C)c1ccc2c(c1)C(Br)CC(C)(C)CC2. The monoisotopic (exact) mass is 308 g/mol. The van der Waals surface area contributed by atoms with Gasteiger partial charge in [-0.1, -0.05) is 61.8 Å². The lowest BCUT2D eigenvalue weighted by Crippen LogP contribution is -2.11. The number of benzene rings is 1. The van der Waals surface area contributed by atoms with Crippen molar-refractivity contribution in [2.24, 2.45) is 5.41 Å². The van der Waals surface area contributed by atoms with E-state index in [4.69, 9.17) is 0 Å². The summed E-state index contributed by atoms with van der Waals surface area (Å²) in [5.74, 6) is 0.672. The quantitative estimate of drug-likeness (QED) is 0.464. The number of hydrogen-bond donors (Lipinski definition) is 0. The van der Waals surface area contributed by atoms with Crippen molar-refractivity contribution >= 4 is 15.9 Å². The van der Waals surface area contributed by atoms with Gasteiger partial charge in [-0.15, -0.1) is 0 Å². The van der Waals surface area contributed by atoms with Crippen LogP contribution in [0, 0.1) is 5.41 Å². The van der Waals surface area contributed by atoms with Gasteiger partial charge in [-0.05, 0) is 53.7 Å². The van der Waals surface area contributed by atoms with Gasteiger partial charge >= 0.3 is 0 Å². The van der Waals surface area contributed by atoms with Gasteiger partial charge in [0.05, 0.1) is 0 Å². The maximum absolute atomic E-state index is 3.92. The van der Waals surface area contributed by atoms with Crippen molar-refractivity contribution in [3.63, 3.8) is 0 Å². The summed E-state index contributed by atoms with van der Waals surface area (Å²) in [6.07, 6.45) is 4.98. The van der Waals surface area contributed by atoms with Crippen LogP contribution < -0.4 is 0 Å². The Labute approximate surface area is 120 Å². The van der Waals surface area contributed by atoms with E-state index in [9.17, 15) is 0 Å². The van der Waals surface area contributed by atoms with Crippen molar-refractivity contribution in [3.05, 3.63) is 34.9 Å². The molecule has 0 N–H and O–H groups in total. The summed E-state index contributed by atoms with van der Waals surface area (Å²) in [6.45, 7) is 9.38. The average molecular weight is 309 g/mol. The normalized spacial score (nSPS) is 24.2. The van der Waals surface area contributed by atoms with Gasteiger partial charge in [0.25, 0.3) is 0 Å². The molecule has 0 radical (unpaired) electrons. The lowest BCUT2D eigenvalue weighted by Gasteiger charge is -2.24.